The van der Waals surface area contributed by atoms with Gasteiger partial charge in [0.2, 0.25) is 17.7 Å². The van der Waals surface area contributed by atoms with Gasteiger partial charge in [-0.15, -0.1) is 6.58 Å². The van der Waals surface area contributed by atoms with Crippen LogP contribution in [0.2, 0.25) is 0 Å². The lowest BCUT2D eigenvalue weighted by Gasteiger charge is -2.35. The maximum absolute atomic E-state index is 14.5. The van der Waals surface area contributed by atoms with Gasteiger partial charge >= 0.3 is 0 Å². The van der Waals surface area contributed by atoms with Crippen molar-refractivity contribution >= 4 is 28.6 Å². The van der Waals surface area contributed by atoms with E-state index in [0.29, 0.717) is 36.5 Å². The standard InChI is InChI=1S/C39H50N4O5/c1-8-18-42(10-3)36(44)22-30(39(4,5)6)38(46)43-24-28(21-34(43)37(45)41-31-19-25(31)9-2)48-35-23-32(26-14-12-11-13-15-26)40-33-20-27(47-7)16-17-29(33)35/h9,11-17,20,23,25,28,30-31,34H,2,8,10,18-19,21-22,24H2,1,3-7H3,(H,41,45)/t25?,28-,30-,31?,34+/m1/s1. The van der Waals surface area contributed by atoms with E-state index in [1.165, 1.54) is 0 Å². The molecule has 0 bridgehead atoms. The number of pyridine rings is 1. The van der Waals surface area contributed by atoms with Crippen molar-refractivity contribution in [1.82, 2.24) is 20.1 Å². The molecule has 1 aromatic heterocycles. The molecule has 1 aliphatic heterocycles. The molecule has 1 aliphatic carbocycles. The fourth-order valence-electron chi connectivity index (χ4n) is 6.63. The second-order valence-corrected chi connectivity index (χ2v) is 14.1. The molecular weight excluding hydrogens is 604 g/mol. The Morgan fingerprint density at radius 1 is 1.10 bits per heavy atom. The average Bonchev–Trinajstić information content (AvgIpc) is 3.70. The summed E-state index contributed by atoms with van der Waals surface area (Å²) in [4.78, 5) is 50.2. The van der Waals surface area contributed by atoms with Gasteiger partial charge in [-0.1, -0.05) is 64.1 Å². The molecule has 5 rings (SSSR count). The predicted molar refractivity (Wildman–Crippen MR) is 189 cm³/mol. The molecule has 256 valence electrons. The Balaban J connectivity index is 1.47. The monoisotopic (exact) mass is 654 g/mol. The zero-order valence-electron chi connectivity index (χ0n) is 29.2. The van der Waals surface area contributed by atoms with Gasteiger partial charge in [0, 0.05) is 55.1 Å². The van der Waals surface area contributed by atoms with Crippen LogP contribution >= 0.6 is 0 Å². The number of nitrogens with zero attached hydrogens (tertiary/aromatic N) is 3. The number of carbonyl (C=O) groups excluding carboxylic acids is 3. The van der Waals surface area contributed by atoms with E-state index in [2.05, 4.69) is 11.9 Å². The molecule has 1 saturated heterocycles. The van der Waals surface area contributed by atoms with Crippen LogP contribution in [-0.4, -0.2) is 77.4 Å². The number of hydrogen-bond donors (Lipinski definition) is 1. The Hall–Kier alpha value is -4.40. The number of ether oxygens (including phenoxy) is 2. The molecular formula is C39H50N4O5. The van der Waals surface area contributed by atoms with E-state index in [1.807, 2.05) is 100 Å². The van der Waals surface area contributed by atoms with Crippen molar-refractivity contribution in [2.75, 3.05) is 26.7 Å². The molecule has 2 unspecified atom stereocenters. The van der Waals surface area contributed by atoms with E-state index in [-0.39, 0.29) is 42.6 Å². The summed E-state index contributed by atoms with van der Waals surface area (Å²) < 4.78 is 12.2. The Morgan fingerprint density at radius 2 is 1.85 bits per heavy atom. The third-order valence-corrected chi connectivity index (χ3v) is 9.61. The second kappa shape index (κ2) is 14.8. The Kier molecular flexibility index (Phi) is 10.8. The highest BCUT2D eigenvalue weighted by atomic mass is 16.5. The van der Waals surface area contributed by atoms with E-state index >= 15 is 0 Å². The molecule has 3 amide bonds. The van der Waals surface area contributed by atoms with Crippen LogP contribution in [0.1, 0.15) is 60.3 Å². The number of methoxy groups -OCH3 is 1. The van der Waals surface area contributed by atoms with Crippen LogP contribution in [0.4, 0.5) is 0 Å². The maximum Gasteiger partial charge on any atom is 0.243 e. The lowest BCUT2D eigenvalue weighted by atomic mass is 9.77. The van der Waals surface area contributed by atoms with Gasteiger partial charge < -0.3 is 24.6 Å². The van der Waals surface area contributed by atoms with Gasteiger partial charge in [0.05, 0.1) is 30.8 Å². The molecule has 2 aromatic carbocycles. The lowest BCUT2D eigenvalue weighted by molar-refractivity contribution is -0.148. The van der Waals surface area contributed by atoms with Crippen LogP contribution in [0.15, 0.2) is 67.3 Å². The number of hydrogen-bond acceptors (Lipinski definition) is 6. The first kappa shape index (κ1) is 34.9. The van der Waals surface area contributed by atoms with Crippen LogP contribution in [-0.2, 0) is 14.4 Å². The van der Waals surface area contributed by atoms with Crippen molar-refractivity contribution in [1.29, 1.82) is 0 Å². The van der Waals surface area contributed by atoms with E-state index in [4.69, 9.17) is 14.5 Å². The van der Waals surface area contributed by atoms with Gasteiger partial charge in [-0.2, -0.15) is 0 Å². The van der Waals surface area contributed by atoms with Gasteiger partial charge in [0.15, 0.2) is 0 Å². The van der Waals surface area contributed by atoms with Crippen molar-refractivity contribution < 1.29 is 23.9 Å². The molecule has 5 atom stereocenters. The van der Waals surface area contributed by atoms with E-state index in [0.717, 1.165) is 29.5 Å². The molecule has 9 nitrogen and oxygen atoms in total. The summed E-state index contributed by atoms with van der Waals surface area (Å²) in [5.74, 6) is 0.501. The molecule has 1 N–H and O–H groups in total. The van der Waals surface area contributed by atoms with Gasteiger partial charge in [0.25, 0.3) is 0 Å². The summed E-state index contributed by atoms with van der Waals surface area (Å²) in [7, 11) is 1.62. The van der Waals surface area contributed by atoms with E-state index in [9.17, 15) is 14.4 Å². The number of amides is 3. The van der Waals surface area contributed by atoms with Crippen molar-refractivity contribution in [3.05, 3.63) is 67.3 Å². The van der Waals surface area contributed by atoms with Crippen molar-refractivity contribution in [2.24, 2.45) is 17.3 Å². The highest BCUT2D eigenvalue weighted by Gasteiger charge is 2.47. The zero-order chi connectivity index (χ0) is 34.6. The fourth-order valence-corrected chi connectivity index (χ4v) is 6.63. The summed E-state index contributed by atoms with van der Waals surface area (Å²) in [5, 5.41) is 3.95. The van der Waals surface area contributed by atoms with E-state index in [1.54, 1.807) is 12.0 Å². The van der Waals surface area contributed by atoms with Crippen molar-refractivity contribution in [2.45, 2.75) is 78.5 Å². The molecule has 0 radical (unpaired) electrons. The van der Waals surface area contributed by atoms with Crippen molar-refractivity contribution in [3.63, 3.8) is 0 Å². The number of likely N-dealkylation sites (tertiary alicyclic amines) is 1. The normalized spacial score (nSPS) is 21.0. The van der Waals surface area contributed by atoms with Gasteiger partial charge in [0.1, 0.15) is 23.6 Å². The van der Waals surface area contributed by atoms with Crippen LogP contribution in [0, 0.1) is 17.3 Å². The average molecular weight is 655 g/mol. The third-order valence-electron chi connectivity index (χ3n) is 9.61. The Morgan fingerprint density at radius 3 is 2.48 bits per heavy atom. The number of carbonyl (C=O) groups is 3. The first-order chi connectivity index (χ1) is 23.0. The van der Waals surface area contributed by atoms with Crippen LogP contribution in [0.25, 0.3) is 22.2 Å². The van der Waals surface area contributed by atoms with Gasteiger partial charge in [-0.05, 0) is 43.2 Å². The minimum absolute atomic E-state index is 0.0200. The minimum Gasteiger partial charge on any atom is -0.497 e. The predicted octanol–water partition coefficient (Wildman–Crippen LogP) is 6.26. The minimum atomic E-state index is -0.728. The number of fused-ring (bicyclic) bond motifs is 1. The van der Waals surface area contributed by atoms with Crippen LogP contribution in [0.3, 0.4) is 0 Å². The van der Waals surface area contributed by atoms with E-state index < -0.39 is 23.5 Å². The summed E-state index contributed by atoms with van der Waals surface area (Å²) in [6.07, 6.45) is 3.50. The summed E-state index contributed by atoms with van der Waals surface area (Å²) in [6.45, 7) is 15.3. The third kappa shape index (κ3) is 7.83. The summed E-state index contributed by atoms with van der Waals surface area (Å²) >= 11 is 0. The smallest absolute Gasteiger partial charge is 0.243 e. The topological polar surface area (TPSA) is 101 Å². The Bertz CT molecular complexity index is 1630. The molecule has 2 aliphatic rings. The zero-order valence-corrected chi connectivity index (χ0v) is 29.2. The highest BCUT2D eigenvalue weighted by molar-refractivity contribution is 5.92. The maximum atomic E-state index is 14.5. The summed E-state index contributed by atoms with van der Waals surface area (Å²) in [5.41, 5.74) is 1.90. The summed E-state index contributed by atoms with van der Waals surface area (Å²) in [6, 6.07) is 16.8. The SMILES string of the molecule is C=CC1CC1NC(=O)[C@@H]1C[C@@H](Oc2cc(-c3ccccc3)nc3cc(OC)ccc23)CN1C(=O)[C@@H](CC(=O)N(CC)CCC)C(C)(C)C. The number of benzene rings is 2. The van der Waals surface area contributed by atoms with Crippen molar-refractivity contribution in [3.8, 4) is 22.8 Å². The van der Waals surface area contributed by atoms with Gasteiger partial charge in [-0.25, -0.2) is 4.98 Å². The first-order valence-electron chi connectivity index (χ1n) is 17.2. The molecule has 3 aromatic rings. The highest BCUT2D eigenvalue weighted by Crippen LogP contribution is 2.38. The van der Waals surface area contributed by atoms with Crippen LogP contribution in [0.5, 0.6) is 11.5 Å². The molecule has 48 heavy (non-hydrogen) atoms. The number of aromatic nitrogens is 1. The first-order valence-corrected chi connectivity index (χ1v) is 17.2. The molecule has 9 heteroatoms. The molecule has 2 fully saturated rings. The lowest BCUT2D eigenvalue weighted by Crippen LogP contribution is -2.51. The molecule has 1 saturated carbocycles. The van der Waals surface area contributed by atoms with Gasteiger partial charge in [-0.3, -0.25) is 14.4 Å². The largest absolute Gasteiger partial charge is 0.497 e. The Labute approximate surface area is 284 Å². The molecule has 2 heterocycles. The fraction of sp³-hybridized carbons (Fsp3) is 0.487. The van der Waals surface area contributed by atoms with Crippen LogP contribution < -0.4 is 14.8 Å². The number of rotatable bonds is 13. The quantitative estimate of drug-likeness (QED) is 0.219. The molecule has 0 spiro atoms. The number of nitrogens with one attached hydrogen (secondary N) is 1. The second-order valence-electron chi connectivity index (χ2n) is 14.1.